The summed E-state index contributed by atoms with van der Waals surface area (Å²) in [6.45, 7) is 0.769. The van der Waals surface area contributed by atoms with E-state index in [2.05, 4.69) is 5.32 Å². The van der Waals surface area contributed by atoms with Crippen LogP contribution in [0.25, 0.3) is 0 Å². The first-order chi connectivity index (χ1) is 9.49. The lowest BCUT2D eigenvalue weighted by Crippen LogP contribution is -2.36. The van der Waals surface area contributed by atoms with E-state index in [4.69, 9.17) is 4.74 Å². The summed E-state index contributed by atoms with van der Waals surface area (Å²) in [6.07, 6.45) is 6.18. The first-order valence-electron chi connectivity index (χ1n) is 7.04. The Morgan fingerprint density at radius 1 is 1.25 bits per heavy atom. The number of hydrogen-bond acceptors (Lipinski definition) is 4. The van der Waals surface area contributed by atoms with Crippen molar-refractivity contribution in [3.05, 3.63) is 29.8 Å². The lowest BCUT2D eigenvalue weighted by molar-refractivity contribution is 0.0586. The summed E-state index contributed by atoms with van der Waals surface area (Å²) < 4.78 is 28.2. The zero-order valence-electron chi connectivity index (χ0n) is 12.1. The van der Waals surface area contributed by atoms with Crippen LogP contribution in [0.1, 0.15) is 31.2 Å². The van der Waals surface area contributed by atoms with Gasteiger partial charge in [-0.2, -0.15) is 0 Å². The standard InChI is InChI=1S/C15H23NO3S/c1-19-14-5-3-4-13(10-14)16-11-12-6-8-15(9-7-12)20(2,17)18/h6-9,13-14,16H,3-5,10-11H2,1-2H3. The average Bonchev–Trinajstić information content (AvgIpc) is 2.45. The predicted molar refractivity (Wildman–Crippen MR) is 79.4 cm³/mol. The quantitative estimate of drug-likeness (QED) is 0.904. The van der Waals surface area contributed by atoms with Crippen molar-refractivity contribution in [2.24, 2.45) is 0 Å². The number of methoxy groups -OCH3 is 1. The van der Waals surface area contributed by atoms with E-state index in [1.165, 1.54) is 19.1 Å². The number of benzene rings is 1. The van der Waals surface area contributed by atoms with Gasteiger partial charge in [0.05, 0.1) is 11.0 Å². The molecule has 1 fully saturated rings. The minimum absolute atomic E-state index is 0.369. The van der Waals surface area contributed by atoms with Gasteiger partial charge in [-0.25, -0.2) is 8.42 Å². The molecular weight excluding hydrogens is 274 g/mol. The van der Waals surface area contributed by atoms with E-state index in [-0.39, 0.29) is 0 Å². The summed E-state index contributed by atoms with van der Waals surface area (Å²) in [7, 11) is -1.33. The van der Waals surface area contributed by atoms with Crippen LogP contribution in [0.15, 0.2) is 29.2 Å². The van der Waals surface area contributed by atoms with Crippen LogP contribution in [0.3, 0.4) is 0 Å². The van der Waals surface area contributed by atoms with Gasteiger partial charge in [-0.1, -0.05) is 12.1 Å². The molecule has 0 heterocycles. The Hall–Kier alpha value is -0.910. The first kappa shape index (κ1) is 15.5. The zero-order chi connectivity index (χ0) is 14.6. The van der Waals surface area contributed by atoms with Crippen LogP contribution in [0.2, 0.25) is 0 Å². The molecule has 0 bridgehead atoms. The van der Waals surface area contributed by atoms with Gasteiger partial charge in [0.2, 0.25) is 0 Å². The molecule has 1 saturated carbocycles. The molecule has 1 aliphatic carbocycles. The third-order valence-corrected chi connectivity index (χ3v) is 5.03. The van der Waals surface area contributed by atoms with E-state index >= 15 is 0 Å². The molecule has 2 atom stereocenters. The Kier molecular flexibility index (Phi) is 5.18. The SMILES string of the molecule is COC1CCCC(NCc2ccc(S(C)(=O)=O)cc2)C1. The fraction of sp³-hybridized carbons (Fsp3) is 0.600. The number of nitrogens with one attached hydrogen (secondary N) is 1. The Balaban J connectivity index is 1.88. The zero-order valence-corrected chi connectivity index (χ0v) is 12.9. The van der Waals surface area contributed by atoms with Gasteiger partial charge in [0.15, 0.2) is 9.84 Å². The second-order valence-electron chi connectivity index (χ2n) is 5.52. The van der Waals surface area contributed by atoms with Crippen LogP contribution in [0.4, 0.5) is 0 Å². The topological polar surface area (TPSA) is 55.4 Å². The molecule has 0 radical (unpaired) electrons. The maximum absolute atomic E-state index is 11.4. The second kappa shape index (κ2) is 6.70. The second-order valence-corrected chi connectivity index (χ2v) is 7.53. The van der Waals surface area contributed by atoms with E-state index in [0.717, 1.165) is 24.9 Å². The van der Waals surface area contributed by atoms with Crippen LogP contribution in [0.5, 0.6) is 0 Å². The Morgan fingerprint density at radius 3 is 2.55 bits per heavy atom. The van der Waals surface area contributed by atoms with E-state index in [1.807, 2.05) is 12.1 Å². The minimum atomic E-state index is -3.10. The molecule has 4 nitrogen and oxygen atoms in total. The van der Waals surface area contributed by atoms with Crippen LogP contribution in [-0.2, 0) is 21.1 Å². The highest BCUT2D eigenvalue weighted by Crippen LogP contribution is 2.21. The number of ether oxygens (including phenoxy) is 1. The number of sulfone groups is 1. The summed E-state index contributed by atoms with van der Waals surface area (Å²) in [5.41, 5.74) is 1.11. The first-order valence-corrected chi connectivity index (χ1v) is 8.93. The highest BCUT2D eigenvalue weighted by atomic mass is 32.2. The predicted octanol–water partition coefficient (Wildman–Crippen LogP) is 2.14. The van der Waals surface area contributed by atoms with Crippen molar-refractivity contribution < 1.29 is 13.2 Å². The molecule has 2 rings (SSSR count). The van der Waals surface area contributed by atoms with Gasteiger partial charge in [0.25, 0.3) is 0 Å². The molecule has 2 unspecified atom stereocenters. The van der Waals surface area contributed by atoms with Crippen molar-refractivity contribution in [1.29, 1.82) is 0 Å². The third-order valence-electron chi connectivity index (χ3n) is 3.91. The van der Waals surface area contributed by atoms with Gasteiger partial charge < -0.3 is 10.1 Å². The maximum Gasteiger partial charge on any atom is 0.175 e. The maximum atomic E-state index is 11.4. The Bertz CT molecular complexity index is 525. The average molecular weight is 297 g/mol. The van der Waals surface area contributed by atoms with Gasteiger partial charge in [0.1, 0.15) is 0 Å². The summed E-state index contributed by atoms with van der Waals surface area (Å²) in [5, 5.41) is 3.53. The van der Waals surface area contributed by atoms with Crippen LogP contribution in [-0.4, -0.2) is 33.9 Å². The molecule has 5 heteroatoms. The molecule has 1 aliphatic rings. The van der Waals surface area contributed by atoms with Crippen LogP contribution in [0, 0.1) is 0 Å². The fourth-order valence-corrected chi connectivity index (χ4v) is 3.29. The van der Waals surface area contributed by atoms with Crippen molar-refractivity contribution >= 4 is 9.84 Å². The van der Waals surface area contributed by atoms with Crippen molar-refractivity contribution in [1.82, 2.24) is 5.32 Å². The molecule has 1 N–H and O–H groups in total. The monoisotopic (exact) mass is 297 g/mol. The molecule has 20 heavy (non-hydrogen) atoms. The molecule has 1 aromatic carbocycles. The molecule has 0 amide bonds. The lowest BCUT2D eigenvalue weighted by atomic mass is 9.93. The van der Waals surface area contributed by atoms with E-state index in [1.54, 1.807) is 19.2 Å². The highest BCUT2D eigenvalue weighted by molar-refractivity contribution is 7.90. The largest absolute Gasteiger partial charge is 0.381 e. The van der Waals surface area contributed by atoms with Gasteiger partial charge in [0, 0.05) is 26.0 Å². The highest BCUT2D eigenvalue weighted by Gasteiger charge is 2.21. The normalized spacial score (nSPS) is 23.7. The Morgan fingerprint density at radius 2 is 1.95 bits per heavy atom. The molecular formula is C15H23NO3S. The van der Waals surface area contributed by atoms with Crippen molar-refractivity contribution in [2.75, 3.05) is 13.4 Å². The van der Waals surface area contributed by atoms with Crippen LogP contribution < -0.4 is 5.32 Å². The summed E-state index contributed by atoms with van der Waals surface area (Å²) in [5.74, 6) is 0. The van der Waals surface area contributed by atoms with E-state index in [9.17, 15) is 8.42 Å². The summed E-state index contributed by atoms with van der Waals surface area (Å²) >= 11 is 0. The molecule has 0 aromatic heterocycles. The third kappa shape index (κ3) is 4.30. The van der Waals surface area contributed by atoms with Crippen molar-refractivity contribution in [3.63, 3.8) is 0 Å². The fourth-order valence-electron chi connectivity index (χ4n) is 2.66. The smallest absolute Gasteiger partial charge is 0.175 e. The van der Waals surface area contributed by atoms with E-state index < -0.39 is 9.84 Å². The van der Waals surface area contributed by atoms with Gasteiger partial charge in [-0.05, 0) is 43.4 Å². The lowest BCUT2D eigenvalue weighted by Gasteiger charge is -2.29. The van der Waals surface area contributed by atoms with Crippen LogP contribution >= 0.6 is 0 Å². The summed E-state index contributed by atoms with van der Waals surface area (Å²) in [6, 6.07) is 7.58. The van der Waals surface area contributed by atoms with Gasteiger partial charge >= 0.3 is 0 Å². The molecule has 112 valence electrons. The molecule has 0 aliphatic heterocycles. The molecule has 0 saturated heterocycles. The van der Waals surface area contributed by atoms with Crippen molar-refractivity contribution in [2.45, 2.75) is 49.3 Å². The Labute approximate surface area is 121 Å². The van der Waals surface area contributed by atoms with Gasteiger partial charge in [-0.3, -0.25) is 0 Å². The minimum Gasteiger partial charge on any atom is -0.381 e. The van der Waals surface area contributed by atoms with E-state index in [0.29, 0.717) is 17.0 Å². The molecule has 1 aromatic rings. The van der Waals surface area contributed by atoms with Gasteiger partial charge in [-0.15, -0.1) is 0 Å². The van der Waals surface area contributed by atoms with Crippen molar-refractivity contribution in [3.8, 4) is 0 Å². The molecule has 0 spiro atoms. The number of rotatable bonds is 5. The number of hydrogen-bond donors (Lipinski definition) is 1. The summed E-state index contributed by atoms with van der Waals surface area (Å²) in [4.78, 5) is 0.373.